The van der Waals surface area contributed by atoms with E-state index < -0.39 is 17.7 Å². The van der Waals surface area contributed by atoms with Crippen molar-refractivity contribution in [3.8, 4) is 0 Å². The van der Waals surface area contributed by atoms with Crippen LogP contribution in [0.2, 0.25) is 0 Å². The quantitative estimate of drug-likeness (QED) is 0.703. The SMILES string of the molecule is O=C(O)CC1CCCc2cc(/C=C/c3ccc(C(F)(F)F)cc3)ccc21. The van der Waals surface area contributed by atoms with Crippen molar-refractivity contribution in [2.24, 2.45) is 0 Å². The summed E-state index contributed by atoms with van der Waals surface area (Å²) in [5.74, 6) is -0.724. The van der Waals surface area contributed by atoms with Gasteiger partial charge in [0.25, 0.3) is 0 Å². The van der Waals surface area contributed by atoms with Crippen LogP contribution in [0.1, 0.15) is 53.0 Å². The molecule has 0 saturated carbocycles. The standard InChI is InChI=1S/C21H19F3O2/c22-21(23,24)18-9-6-14(7-10-18)4-5-15-8-11-19-16(12-15)2-1-3-17(19)13-20(25)26/h4-12,17H,1-3,13H2,(H,25,26)/b5-4+. The van der Waals surface area contributed by atoms with Crippen LogP contribution in [0.3, 0.4) is 0 Å². The van der Waals surface area contributed by atoms with Crippen LogP contribution < -0.4 is 0 Å². The highest BCUT2D eigenvalue weighted by molar-refractivity contribution is 5.71. The van der Waals surface area contributed by atoms with Crippen molar-refractivity contribution < 1.29 is 23.1 Å². The molecule has 0 saturated heterocycles. The van der Waals surface area contributed by atoms with Gasteiger partial charge in [0.2, 0.25) is 0 Å². The van der Waals surface area contributed by atoms with Gasteiger partial charge in [0.1, 0.15) is 0 Å². The minimum Gasteiger partial charge on any atom is -0.481 e. The van der Waals surface area contributed by atoms with Crippen molar-refractivity contribution in [1.82, 2.24) is 0 Å². The summed E-state index contributed by atoms with van der Waals surface area (Å²) in [6.45, 7) is 0. The van der Waals surface area contributed by atoms with Crippen LogP contribution in [-0.4, -0.2) is 11.1 Å². The van der Waals surface area contributed by atoms with Gasteiger partial charge in [-0.1, -0.05) is 42.5 Å². The van der Waals surface area contributed by atoms with E-state index in [1.807, 2.05) is 24.3 Å². The lowest BCUT2D eigenvalue weighted by molar-refractivity contribution is -0.138. The number of carboxylic acids is 1. The fourth-order valence-electron chi connectivity index (χ4n) is 3.44. The molecule has 5 heteroatoms. The highest BCUT2D eigenvalue weighted by Crippen LogP contribution is 2.35. The zero-order valence-electron chi connectivity index (χ0n) is 14.1. The van der Waals surface area contributed by atoms with Gasteiger partial charge in [-0.3, -0.25) is 4.79 Å². The van der Waals surface area contributed by atoms with Crippen molar-refractivity contribution in [3.63, 3.8) is 0 Å². The van der Waals surface area contributed by atoms with Gasteiger partial charge in [-0.25, -0.2) is 0 Å². The normalized spacial score (nSPS) is 17.3. The summed E-state index contributed by atoms with van der Waals surface area (Å²) in [6.07, 6.45) is 2.24. The van der Waals surface area contributed by atoms with Gasteiger partial charge in [-0.15, -0.1) is 0 Å². The Morgan fingerprint density at radius 1 is 1.08 bits per heavy atom. The minimum absolute atomic E-state index is 0.0594. The van der Waals surface area contributed by atoms with Crippen LogP contribution in [0.5, 0.6) is 0 Å². The van der Waals surface area contributed by atoms with E-state index in [2.05, 4.69) is 0 Å². The van der Waals surface area contributed by atoms with E-state index in [1.165, 1.54) is 12.1 Å². The van der Waals surface area contributed by atoms with Crippen molar-refractivity contribution >= 4 is 18.1 Å². The van der Waals surface area contributed by atoms with Crippen molar-refractivity contribution in [3.05, 3.63) is 70.3 Å². The molecule has 3 rings (SSSR count). The first-order valence-corrected chi connectivity index (χ1v) is 8.53. The maximum Gasteiger partial charge on any atom is 0.416 e. The molecular formula is C21H19F3O2. The van der Waals surface area contributed by atoms with E-state index in [9.17, 15) is 18.0 Å². The molecular weight excluding hydrogens is 341 g/mol. The summed E-state index contributed by atoms with van der Waals surface area (Å²) in [5.41, 5.74) is 3.26. The number of rotatable bonds is 4. The van der Waals surface area contributed by atoms with Gasteiger partial charge in [0.15, 0.2) is 0 Å². The minimum atomic E-state index is -4.33. The van der Waals surface area contributed by atoms with Gasteiger partial charge >= 0.3 is 12.1 Å². The summed E-state index contributed by atoms with van der Waals surface area (Å²) in [5, 5.41) is 9.04. The molecule has 0 spiro atoms. The second-order valence-corrected chi connectivity index (χ2v) is 6.60. The van der Waals surface area contributed by atoms with Crippen LogP contribution in [0.25, 0.3) is 12.2 Å². The lowest BCUT2D eigenvalue weighted by atomic mass is 9.80. The third-order valence-electron chi connectivity index (χ3n) is 4.73. The van der Waals surface area contributed by atoms with Crippen molar-refractivity contribution in [2.45, 2.75) is 37.8 Å². The van der Waals surface area contributed by atoms with E-state index >= 15 is 0 Å². The first-order chi connectivity index (χ1) is 12.3. The fourth-order valence-corrected chi connectivity index (χ4v) is 3.44. The van der Waals surface area contributed by atoms with E-state index in [4.69, 9.17) is 5.11 Å². The Kier molecular flexibility index (Phi) is 5.16. The number of hydrogen-bond donors (Lipinski definition) is 1. The molecule has 26 heavy (non-hydrogen) atoms. The summed E-state index contributed by atoms with van der Waals surface area (Å²) in [7, 11) is 0. The Balaban J connectivity index is 1.76. The fraction of sp³-hybridized carbons (Fsp3) is 0.286. The number of benzene rings is 2. The van der Waals surface area contributed by atoms with E-state index in [-0.39, 0.29) is 12.3 Å². The van der Waals surface area contributed by atoms with Gasteiger partial charge in [-0.05, 0) is 59.6 Å². The Hall–Kier alpha value is -2.56. The zero-order valence-corrected chi connectivity index (χ0v) is 14.1. The molecule has 0 bridgehead atoms. The summed E-state index contributed by atoms with van der Waals surface area (Å²) >= 11 is 0. The lowest BCUT2D eigenvalue weighted by Crippen LogP contribution is -2.13. The Bertz CT molecular complexity index is 820. The molecule has 2 aromatic rings. The lowest BCUT2D eigenvalue weighted by Gasteiger charge is -2.24. The highest BCUT2D eigenvalue weighted by atomic mass is 19.4. The highest BCUT2D eigenvalue weighted by Gasteiger charge is 2.29. The van der Waals surface area contributed by atoms with E-state index in [1.54, 1.807) is 6.08 Å². The summed E-state index contributed by atoms with van der Waals surface area (Å²) < 4.78 is 37.8. The average molecular weight is 360 g/mol. The number of halogens is 3. The largest absolute Gasteiger partial charge is 0.481 e. The van der Waals surface area contributed by atoms with Crippen LogP contribution in [0.15, 0.2) is 42.5 Å². The monoisotopic (exact) mass is 360 g/mol. The third-order valence-corrected chi connectivity index (χ3v) is 4.73. The predicted molar refractivity (Wildman–Crippen MR) is 94.7 cm³/mol. The molecule has 2 nitrogen and oxygen atoms in total. The van der Waals surface area contributed by atoms with Gasteiger partial charge < -0.3 is 5.11 Å². The first kappa shape index (κ1) is 18.2. The smallest absolute Gasteiger partial charge is 0.416 e. The number of aryl methyl sites for hydroxylation is 1. The molecule has 0 amide bonds. The number of carboxylic acid groups (broad SMARTS) is 1. The molecule has 0 aliphatic heterocycles. The molecule has 1 aliphatic rings. The predicted octanol–water partition coefficient (Wildman–Crippen LogP) is 5.77. The molecule has 1 aliphatic carbocycles. The molecule has 0 fully saturated rings. The average Bonchev–Trinajstić information content (AvgIpc) is 2.59. The van der Waals surface area contributed by atoms with Crippen molar-refractivity contribution in [1.29, 1.82) is 0 Å². The van der Waals surface area contributed by atoms with Gasteiger partial charge in [-0.2, -0.15) is 13.2 Å². The Morgan fingerprint density at radius 3 is 2.38 bits per heavy atom. The topological polar surface area (TPSA) is 37.3 Å². The van der Waals surface area contributed by atoms with Crippen LogP contribution in [0.4, 0.5) is 13.2 Å². The van der Waals surface area contributed by atoms with E-state index in [0.29, 0.717) is 5.56 Å². The number of hydrogen-bond acceptors (Lipinski definition) is 1. The molecule has 1 N–H and O–H groups in total. The molecule has 1 unspecified atom stereocenters. The Labute approximate surface area is 150 Å². The molecule has 136 valence electrons. The van der Waals surface area contributed by atoms with Crippen LogP contribution in [-0.2, 0) is 17.4 Å². The number of alkyl halides is 3. The van der Waals surface area contributed by atoms with Crippen LogP contribution in [0, 0.1) is 0 Å². The zero-order chi connectivity index (χ0) is 18.7. The van der Waals surface area contributed by atoms with Crippen LogP contribution >= 0.6 is 0 Å². The molecule has 0 radical (unpaired) electrons. The number of fused-ring (bicyclic) bond motifs is 1. The summed E-state index contributed by atoms with van der Waals surface area (Å²) in [4.78, 5) is 11.0. The van der Waals surface area contributed by atoms with E-state index in [0.717, 1.165) is 48.1 Å². The molecule has 2 aromatic carbocycles. The first-order valence-electron chi connectivity index (χ1n) is 8.53. The Morgan fingerprint density at radius 2 is 1.73 bits per heavy atom. The molecule has 0 aromatic heterocycles. The summed E-state index contributed by atoms with van der Waals surface area (Å²) in [6, 6.07) is 11.0. The second-order valence-electron chi connectivity index (χ2n) is 6.60. The third kappa shape index (κ3) is 4.34. The molecule has 1 atom stereocenters. The number of carbonyl (C=O) groups is 1. The van der Waals surface area contributed by atoms with Gasteiger partial charge in [0, 0.05) is 0 Å². The van der Waals surface area contributed by atoms with Crippen molar-refractivity contribution in [2.75, 3.05) is 0 Å². The molecule has 0 heterocycles. The van der Waals surface area contributed by atoms with Gasteiger partial charge in [0.05, 0.1) is 12.0 Å². The second kappa shape index (κ2) is 7.36. The maximum absolute atomic E-state index is 12.6. The maximum atomic E-state index is 12.6. The number of aliphatic carboxylic acids is 1.